The number of hydrogen-bond donors (Lipinski definition) is 0. The zero-order valence-electron chi connectivity index (χ0n) is 9.39. The Hall–Kier alpha value is -1.37. The van der Waals surface area contributed by atoms with Crippen LogP contribution in [0, 0.1) is 6.92 Å². The monoisotopic (exact) mass is 187 g/mol. The average Bonchev–Trinajstić information content (AvgIpc) is 2.07. The molecule has 0 bridgehead atoms. The van der Waals surface area contributed by atoms with E-state index in [2.05, 4.69) is 36.7 Å². The predicted octanol–water partition coefficient (Wildman–Crippen LogP) is 4.14. The van der Waals surface area contributed by atoms with Crippen LogP contribution in [0.15, 0.2) is 29.8 Å². The molecule has 1 rings (SSSR count). The molecule has 14 heavy (non-hydrogen) atoms. The first-order chi connectivity index (χ1) is 6.50. The number of hydrogen-bond acceptors (Lipinski definition) is 1. The molecule has 0 aliphatic rings. The number of rotatable bonds is 2. The van der Waals surface area contributed by atoms with Crippen LogP contribution < -0.4 is 0 Å². The van der Waals surface area contributed by atoms with E-state index in [4.69, 9.17) is 0 Å². The smallest absolute Gasteiger partial charge is 0.0663 e. The lowest BCUT2D eigenvalue weighted by Gasteiger charge is -2.05. The fourth-order valence-corrected chi connectivity index (χ4v) is 1.24. The molecule has 1 heteroatoms. The van der Waals surface area contributed by atoms with Crippen LogP contribution in [0.3, 0.4) is 0 Å². The van der Waals surface area contributed by atoms with Crippen LogP contribution in [-0.4, -0.2) is 5.71 Å². The van der Waals surface area contributed by atoms with Gasteiger partial charge in [-0.25, -0.2) is 0 Å². The van der Waals surface area contributed by atoms with Crippen LogP contribution in [0.1, 0.15) is 31.9 Å². The maximum absolute atomic E-state index is 4.48. The highest BCUT2D eigenvalue weighted by molar-refractivity contribution is 5.83. The summed E-state index contributed by atoms with van der Waals surface area (Å²) in [7, 11) is 0. The number of nitrogens with zero attached hydrogens (tertiary/aromatic N) is 1. The minimum Gasteiger partial charge on any atom is -0.258 e. The highest BCUT2D eigenvalue weighted by Gasteiger charge is 1.99. The van der Waals surface area contributed by atoms with Crippen molar-refractivity contribution in [3.63, 3.8) is 0 Å². The topological polar surface area (TPSA) is 12.4 Å². The third kappa shape index (κ3) is 2.56. The molecule has 0 aliphatic heterocycles. The van der Waals surface area contributed by atoms with Crippen molar-refractivity contribution < 1.29 is 0 Å². The molecule has 74 valence electrons. The van der Waals surface area contributed by atoms with E-state index < -0.39 is 0 Å². The quantitative estimate of drug-likeness (QED) is 0.617. The lowest BCUT2D eigenvalue weighted by atomic mass is 10.1. The third-order valence-electron chi connectivity index (χ3n) is 2.05. The Labute approximate surface area is 86.2 Å². The second kappa shape index (κ2) is 4.23. The maximum atomic E-state index is 4.48. The summed E-state index contributed by atoms with van der Waals surface area (Å²) < 4.78 is 0. The molecule has 0 aromatic heterocycles. The molecule has 0 spiro atoms. The largest absolute Gasteiger partial charge is 0.258 e. The van der Waals surface area contributed by atoms with Gasteiger partial charge < -0.3 is 0 Å². The van der Waals surface area contributed by atoms with Crippen molar-refractivity contribution in [3.05, 3.63) is 35.9 Å². The highest BCUT2D eigenvalue weighted by Crippen LogP contribution is 2.23. The summed E-state index contributed by atoms with van der Waals surface area (Å²) in [5, 5.41) is 0. The summed E-state index contributed by atoms with van der Waals surface area (Å²) in [5.41, 5.74) is 5.57. The average molecular weight is 187 g/mol. The van der Waals surface area contributed by atoms with E-state index in [1.807, 2.05) is 20.8 Å². The van der Waals surface area contributed by atoms with Crippen molar-refractivity contribution in [1.29, 1.82) is 0 Å². The lowest BCUT2D eigenvalue weighted by Crippen LogP contribution is -1.84. The summed E-state index contributed by atoms with van der Waals surface area (Å²) in [4.78, 5) is 4.48. The van der Waals surface area contributed by atoms with Gasteiger partial charge in [-0.3, -0.25) is 4.99 Å². The van der Waals surface area contributed by atoms with Crippen molar-refractivity contribution in [2.24, 2.45) is 4.99 Å². The van der Waals surface area contributed by atoms with Gasteiger partial charge in [0.05, 0.1) is 5.69 Å². The van der Waals surface area contributed by atoms with E-state index in [-0.39, 0.29) is 0 Å². The van der Waals surface area contributed by atoms with Gasteiger partial charge >= 0.3 is 0 Å². The Balaban J connectivity index is 3.22. The highest BCUT2D eigenvalue weighted by atomic mass is 14.7. The van der Waals surface area contributed by atoms with Crippen LogP contribution in [0.5, 0.6) is 0 Å². The van der Waals surface area contributed by atoms with Crippen molar-refractivity contribution in [3.8, 4) is 0 Å². The molecular weight excluding hydrogens is 170 g/mol. The molecule has 1 aromatic carbocycles. The number of allylic oxidation sites excluding steroid dienone is 1. The zero-order chi connectivity index (χ0) is 10.7. The minimum atomic E-state index is 1.05. The molecule has 0 saturated heterocycles. The van der Waals surface area contributed by atoms with E-state index in [1.165, 1.54) is 5.56 Å². The normalized spacial score (nSPS) is 9.71. The lowest BCUT2D eigenvalue weighted by molar-refractivity contribution is 1.37. The van der Waals surface area contributed by atoms with Crippen LogP contribution in [0.2, 0.25) is 0 Å². The van der Waals surface area contributed by atoms with Crippen molar-refractivity contribution in [1.82, 2.24) is 0 Å². The van der Waals surface area contributed by atoms with Gasteiger partial charge in [0.25, 0.3) is 0 Å². The molecule has 0 aliphatic carbocycles. The zero-order valence-corrected chi connectivity index (χ0v) is 9.39. The van der Waals surface area contributed by atoms with Gasteiger partial charge in [0.15, 0.2) is 0 Å². The fraction of sp³-hybridized carbons (Fsp3) is 0.308. The van der Waals surface area contributed by atoms with E-state index >= 15 is 0 Å². The van der Waals surface area contributed by atoms with Gasteiger partial charge in [-0.2, -0.15) is 0 Å². The predicted molar refractivity (Wildman–Crippen MR) is 64.3 cm³/mol. The molecule has 0 atom stereocenters. The van der Waals surface area contributed by atoms with Gasteiger partial charge in [0.1, 0.15) is 0 Å². The first kappa shape index (κ1) is 10.7. The molecular formula is C13H17N. The van der Waals surface area contributed by atoms with Gasteiger partial charge in [-0.1, -0.05) is 24.3 Å². The van der Waals surface area contributed by atoms with E-state index in [0.29, 0.717) is 0 Å². The molecule has 0 radical (unpaired) electrons. The molecule has 0 fully saturated rings. The van der Waals surface area contributed by atoms with Crippen molar-refractivity contribution in [2.75, 3.05) is 0 Å². The molecule has 1 nitrogen and oxygen atoms in total. The fourth-order valence-electron chi connectivity index (χ4n) is 1.24. The summed E-state index contributed by atoms with van der Waals surface area (Å²) in [6.45, 7) is 12.0. The van der Waals surface area contributed by atoms with Gasteiger partial charge in [0, 0.05) is 5.71 Å². The van der Waals surface area contributed by atoms with E-state index in [0.717, 1.165) is 22.5 Å². The second-order valence-electron chi connectivity index (χ2n) is 3.84. The first-order valence-electron chi connectivity index (χ1n) is 4.79. The summed E-state index contributed by atoms with van der Waals surface area (Å²) >= 11 is 0. The third-order valence-corrected chi connectivity index (χ3v) is 2.05. The van der Waals surface area contributed by atoms with Gasteiger partial charge in [-0.15, -0.1) is 0 Å². The van der Waals surface area contributed by atoms with E-state index in [9.17, 15) is 0 Å². The van der Waals surface area contributed by atoms with Crippen LogP contribution >= 0.6 is 0 Å². The molecule has 1 aromatic rings. The molecule has 0 N–H and O–H groups in total. The molecule has 0 unspecified atom stereocenters. The maximum Gasteiger partial charge on any atom is 0.0663 e. The standard InChI is InChI=1S/C13H17N/c1-9(2)12-7-6-11(5)13(8-12)14-10(3)4/h6-8H,1H2,2-5H3. The van der Waals surface area contributed by atoms with Crippen molar-refractivity contribution >= 4 is 17.0 Å². The second-order valence-corrected chi connectivity index (χ2v) is 3.84. The Kier molecular flexibility index (Phi) is 3.23. The Bertz CT molecular complexity index is 382. The molecule has 0 amide bonds. The minimum absolute atomic E-state index is 1.05. The number of aryl methyl sites for hydroxylation is 1. The molecule has 0 saturated carbocycles. The Morgan fingerprint density at radius 2 is 1.86 bits per heavy atom. The molecule has 0 heterocycles. The van der Waals surface area contributed by atoms with Crippen LogP contribution in [-0.2, 0) is 0 Å². The number of benzene rings is 1. The van der Waals surface area contributed by atoms with Crippen LogP contribution in [0.25, 0.3) is 5.57 Å². The SMILES string of the molecule is C=C(C)c1ccc(C)c(N=C(C)C)c1. The van der Waals surface area contributed by atoms with E-state index in [1.54, 1.807) is 0 Å². The Morgan fingerprint density at radius 1 is 1.21 bits per heavy atom. The Morgan fingerprint density at radius 3 is 2.36 bits per heavy atom. The van der Waals surface area contributed by atoms with Gasteiger partial charge in [-0.05, 0) is 44.9 Å². The van der Waals surface area contributed by atoms with Gasteiger partial charge in [0.2, 0.25) is 0 Å². The summed E-state index contributed by atoms with van der Waals surface area (Å²) in [6, 6.07) is 6.26. The summed E-state index contributed by atoms with van der Waals surface area (Å²) in [5.74, 6) is 0. The summed E-state index contributed by atoms with van der Waals surface area (Å²) in [6.07, 6.45) is 0. The van der Waals surface area contributed by atoms with Crippen LogP contribution in [0.4, 0.5) is 5.69 Å². The first-order valence-corrected chi connectivity index (χ1v) is 4.79. The number of aliphatic imine (C=N–C) groups is 1. The van der Waals surface area contributed by atoms with Crippen molar-refractivity contribution in [2.45, 2.75) is 27.7 Å².